The third kappa shape index (κ3) is 6.58. The number of fused-ring (bicyclic) bond motifs is 1. The maximum atomic E-state index is 10.6. The molecule has 14 heteroatoms. The molecule has 0 aromatic carbocycles. The van der Waals surface area contributed by atoms with Crippen LogP contribution in [-0.4, -0.2) is 52.0 Å². The van der Waals surface area contributed by atoms with Crippen molar-refractivity contribution in [3.05, 3.63) is 12.7 Å². The number of hydrogen-bond acceptors (Lipinski definition) is 7. The normalized spacial score (nSPS) is 11.5. The molecule has 0 amide bonds. The van der Waals surface area contributed by atoms with Crippen molar-refractivity contribution in [1.82, 2.24) is 19.5 Å². The Hall–Kier alpha value is -1.39. The third-order valence-electron chi connectivity index (χ3n) is 2.17. The van der Waals surface area contributed by atoms with Crippen LogP contribution in [0.25, 0.3) is 11.2 Å². The first-order chi connectivity index (χ1) is 10.2. The van der Waals surface area contributed by atoms with Gasteiger partial charge in [-0.1, -0.05) is 0 Å². The number of anilines is 1. The lowest BCUT2D eigenvalue weighted by Gasteiger charge is -2.06. The molecule has 0 aliphatic rings. The summed E-state index contributed by atoms with van der Waals surface area (Å²) in [5, 5.41) is 0. The minimum Gasteiger partial charge on any atom is -0.382 e. The van der Waals surface area contributed by atoms with Crippen LogP contribution in [-0.2, 0) is 20.4 Å². The van der Waals surface area contributed by atoms with Gasteiger partial charge in [0, 0.05) is 6.54 Å². The zero-order valence-electron chi connectivity index (χ0n) is 11.1. The van der Waals surface area contributed by atoms with Crippen molar-refractivity contribution in [2.45, 2.75) is 6.54 Å². The first kappa shape index (κ1) is 18.7. The largest absolute Gasteiger partial charge is 0.382 e. The molecule has 0 saturated heterocycles. The van der Waals surface area contributed by atoms with Crippen LogP contribution in [0.15, 0.2) is 12.7 Å². The van der Waals surface area contributed by atoms with E-state index in [9.17, 15) is 4.57 Å². The van der Waals surface area contributed by atoms with Crippen LogP contribution in [0.1, 0.15) is 0 Å². The van der Waals surface area contributed by atoms with E-state index in [1.54, 1.807) is 4.57 Å². The number of rotatable bonds is 5. The number of nitrogen functional groups attached to an aromatic ring is 1. The topological polar surface area (TPSA) is 194 Å². The summed E-state index contributed by atoms with van der Waals surface area (Å²) in [6.45, 7) is 0.507. The Morgan fingerprint density at radius 2 is 1.95 bits per heavy atom. The molecule has 0 bridgehead atoms. The van der Waals surface area contributed by atoms with Crippen LogP contribution in [0.4, 0.5) is 5.82 Å². The van der Waals surface area contributed by atoms with E-state index in [1.807, 2.05) is 0 Å². The van der Waals surface area contributed by atoms with Gasteiger partial charge in [-0.05, 0) is 0 Å². The number of ether oxygens (including phenoxy) is 1. The SMILES string of the molecule is Nc1ncnc2c1ncn2CCOCP(=O)(O)O.O=[PH](O)O. The van der Waals surface area contributed by atoms with Gasteiger partial charge in [0.2, 0.25) is 0 Å². The summed E-state index contributed by atoms with van der Waals surface area (Å²) < 4.78 is 25.8. The molecule has 0 spiro atoms. The van der Waals surface area contributed by atoms with Crippen LogP contribution in [0.2, 0.25) is 0 Å². The fraction of sp³-hybridized carbons (Fsp3) is 0.375. The molecule has 0 fully saturated rings. The van der Waals surface area contributed by atoms with Gasteiger partial charge in [0.15, 0.2) is 11.5 Å². The summed E-state index contributed by atoms with van der Waals surface area (Å²) in [4.78, 5) is 43.4. The van der Waals surface area contributed by atoms with Crippen molar-refractivity contribution in [2.24, 2.45) is 0 Å². The molecule has 0 atom stereocenters. The highest BCUT2D eigenvalue weighted by Gasteiger charge is 2.13. The Bertz CT molecular complexity index is 683. The van der Waals surface area contributed by atoms with Gasteiger partial charge in [-0.2, -0.15) is 0 Å². The van der Waals surface area contributed by atoms with Crippen LogP contribution >= 0.6 is 15.9 Å². The summed E-state index contributed by atoms with van der Waals surface area (Å²) in [6, 6.07) is 0. The van der Waals surface area contributed by atoms with Crippen molar-refractivity contribution in [3.63, 3.8) is 0 Å². The second kappa shape index (κ2) is 8.30. The van der Waals surface area contributed by atoms with Crippen molar-refractivity contribution < 1.29 is 33.4 Å². The van der Waals surface area contributed by atoms with Gasteiger partial charge < -0.3 is 34.6 Å². The van der Waals surface area contributed by atoms with E-state index in [1.165, 1.54) is 12.7 Å². The van der Waals surface area contributed by atoms with Crippen LogP contribution in [0.5, 0.6) is 0 Å². The van der Waals surface area contributed by atoms with E-state index in [0.29, 0.717) is 17.7 Å². The lowest BCUT2D eigenvalue weighted by Crippen LogP contribution is -2.07. The lowest BCUT2D eigenvalue weighted by molar-refractivity contribution is 0.149. The first-order valence-electron chi connectivity index (χ1n) is 5.66. The zero-order chi connectivity index (χ0) is 16.8. The number of nitrogens with two attached hydrogens (primary N) is 1. The van der Waals surface area contributed by atoms with Crippen molar-refractivity contribution >= 4 is 32.8 Å². The first-order valence-corrected chi connectivity index (χ1v) is 8.76. The van der Waals surface area contributed by atoms with E-state index in [0.717, 1.165) is 0 Å². The molecule has 2 aromatic rings. The lowest BCUT2D eigenvalue weighted by atomic mass is 10.5. The Balaban J connectivity index is 0.000000541. The average Bonchev–Trinajstić information content (AvgIpc) is 2.78. The summed E-state index contributed by atoms with van der Waals surface area (Å²) in [5.74, 6) is 0.287. The number of hydrogen-bond donors (Lipinski definition) is 5. The minimum absolute atomic E-state index is 0.139. The number of nitrogens with zero attached hydrogens (tertiary/aromatic N) is 4. The Morgan fingerprint density at radius 3 is 2.55 bits per heavy atom. The number of aromatic nitrogens is 4. The highest BCUT2D eigenvalue weighted by Crippen LogP contribution is 2.33. The maximum absolute atomic E-state index is 10.6. The summed E-state index contributed by atoms with van der Waals surface area (Å²) in [7, 11) is -7.25. The fourth-order valence-electron chi connectivity index (χ4n) is 1.41. The molecule has 22 heavy (non-hydrogen) atoms. The predicted molar refractivity (Wildman–Crippen MR) is 76.0 cm³/mol. The molecule has 0 saturated carbocycles. The Labute approximate surface area is 124 Å². The van der Waals surface area contributed by atoms with E-state index in [4.69, 9.17) is 34.6 Å². The molecule has 2 heterocycles. The van der Waals surface area contributed by atoms with E-state index < -0.39 is 22.2 Å². The van der Waals surface area contributed by atoms with Crippen molar-refractivity contribution in [1.29, 1.82) is 0 Å². The molecule has 0 unspecified atom stereocenters. The molecule has 2 rings (SSSR count). The monoisotopic (exact) mass is 355 g/mol. The molecule has 2 aromatic heterocycles. The van der Waals surface area contributed by atoms with Gasteiger partial charge in [0.1, 0.15) is 18.2 Å². The maximum Gasteiger partial charge on any atom is 0.350 e. The minimum atomic E-state index is -4.12. The van der Waals surface area contributed by atoms with E-state index >= 15 is 0 Å². The van der Waals surface area contributed by atoms with Crippen molar-refractivity contribution in [2.75, 3.05) is 18.7 Å². The second-order valence-electron chi connectivity index (χ2n) is 3.85. The Kier molecular flexibility index (Phi) is 7.04. The Morgan fingerprint density at radius 1 is 1.32 bits per heavy atom. The van der Waals surface area contributed by atoms with Gasteiger partial charge in [-0.25, -0.2) is 15.0 Å². The van der Waals surface area contributed by atoms with Gasteiger partial charge in [-0.3, -0.25) is 9.13 Å². The third-order valence-corrected chi connectivity index (χ3v) is 2.68. The van der Waals surface area contributed by atoms with Gasteiger partial charge in [0.05, 0.1) is 12.9 Å². The van der Waals surface area contributed by atoms with Crippen LogP contribution in [0.3, 0.4) is 0 Å². The zero-order valence-corrected chi connectivity index (χ0v) is 13.0. The summed E-state index contributed by atoms with van der Waals surface area (Å²) in [5.41, 5.74) is 6.67. The highest BCUT2D eigenvalue weighted by atomic mass is 31.2. The van der Waals surface area contributed by atoms with E-state index in [-0.39, 0.29) is 12.4 Å². The molecular weight excluding hydrogens is 340 g/mol. The summed E-state index contributed by atoms with van der Waals surface area (Å²) >= 11 is 0. The second-order valence-corrected chi connectivity index (χ2v) is 6.01. The summed E-state index contributed by atoms with van der Waals surface area (Å²) in [6.07, 6.45) is 2.25. The standard InChI is InChI=1S/C8H12N5O4P.H3O3P/c9-7-6-8(11-3-10-7)13(4-12-6)1-2-17-5-18(14,15)16;1-4(2)3/h3-4H,1-2,5H2,(H2,9,10,11)(H2,14,15,16);4H,(H2,1,2,3). The molecule has 12 nitrogen and oxygen atoms in total. The fourth-order valence-corrected chi connectivity index (χ4v) is 1.78. The van der Waals surface area contributed by atoms with E-state index in [2.05, 4.69) is 15.0 Å². The van der Waals surface area contributed by atoms with Crippen molar-refractivity contribution in [3.8, 4) is 0 Å². The molecule has 6 N–H and O–H groups in total. The molecule has 0 aliphatic carbocycles. The molecule has 0 radical (unpaired) electrons. The average molecular weight is 355 g/mol. The number of imidazole rings is 1. The predicted octanol–water partition coefficient (Wildman–Crippen LogP) is -1.08. The van der Waals surface area contributed by atoms with Crippen LogP contribution < -0.4 is 5.73 Å². The van der Waals surface area contributed by atoms with Gasteiger partial charge in [0.25, 0.3) is 0 Å². The smallest absolute Gasteiger partial charge is 0.350 e. The molecule has 0 aliphatic heterocycles. The van der Waals surface area contributed by atoms with Gasteiger partial charge >= 0.3 is 15.9 Å². The van der Waals surface area contributed by atoms with Crippen LogP contribution in [0, 0.1) is 0 Å². The van der Waals surface area contributed by atoms with Gasteiger partial charge in [-0.15, -0.1) is 0 Å². The quantitative estimate of drug-likeness (QED) is 0.323. The molecular formula is C8H15N5O7P2. The highest BCUT2D eigenvalue weighted by molar-refractivity contribution is 7.51. The molecule has 124 valence electrons.